The lowest BCUT2D eigenvalue weighted by Crippen LogP contribution is -2.38. The van der Waals surface area contributed by atoms with Crippen molar-refractivity contribution in [2.45, 2.75) is 31.8 Å². The summed E-state index contributed by atoms with van der Waals surface area (Å²) in [7, 11) is 0. The van der Waals surface area contributed by atoms with Crippen molar-refractivity contribution in [3.05, 3.63) is 89.2 Å². The van der Waals surface area contributed by atoms with Crippen molar-refractivity contribution < 1.29 is 19.0 Å². The van der Waals surface area contributed by atoms with E-state index in [9.17, 15) is 9.18 Å². The molecule has 0 spiro atoms. The van der Waals surface area contributed by atoms with E-state index in [0.29, 0.717) is 6.42 Å². The van der Waals surface area contributed by atoms with Crippen molar-refractivity contribution in [1.29, 1.82) is 0 Å². The topological polar surface area (TPSA) is 46.5 Å². The fraction of sp³-hybridized carbons (Fsp3) is 0.208. The minimum absolute atomic E-state index is 0.239. The Morgan fingerprint density at radius 2 is 1.86 bits per heavy atom. The quantitative estimate of drug-likeness (QED) is 0.652. The van der Waals surface area contributed by atoms with Crippen LogP contribution in [0.25, 0.3) is 11.1 Å². The number of fused-ring (bicyclic) bond motifs is 1. The average Bonchev–Trinajstić information content (AvgIpc) is 2.67. The maximum absolute atomic E-state index is 13.6. The van der Waals surface area contributed by atoms with Crippen molar-refractivity contribution in [1.82, 2.24) is 0 Å². The number of aryl methyl sites for hydroxylation is 1. The number of hydrogen-bond donors (Lipinski definition) is 1. The lowest BCUT2D eigenvalue weighted by atomic mass is 9.86. The molecule has 3 nitrogen and oxygen atoms in total. The highest BCUT2D eigenvalue weighted by Crippen LogP contribution is 2.41. The molecule has 0 saturated carbocycles. The second-order valence-electron chi connectivity index (χ2n) is 7.53. The van der Waals surface area contributed by atoms with Gasteiger partial charge in [-0.05, 0) is 60.7 Å². The molecule has 3 aromatic carbocycles. The Hall–Kier alpha value is -3.14. The predicted octanol–water partition coefficient (Wildman–Crippen LogP) is 5.52. The molecule has 1 N–H and O–H groups in total. The molecular weight excluding hydrogens is 355 g/mol. The molecule has 0 amide bonds. The van der Waals surface area contributed by atoms with Crippen molar-refractivity contribution in [2.24, 2.45) is 0 Å². The molecule has 3 aromatic rings. The first kappa shape index (κ1) is 18.2. The van der Waals surface area contributed by atoms with Crippen LogP contribution in [0.4, 0.5) is 4.39 Å². The fourth-order valence-corrected chi connectivity index (χ4v) is 3.82. The number of carbonyl (C=O) groups is 1. The van der Waals surface area contributed by atoms with Gasteiger partial charge in [0.2, 0.25) is 0 Å². The molecule has 1 aliphatic rings. The van der Waals surface area contributed by atoms with Crippen molar-refractivity contribution in [2.75, 3.05) is 0 Å². The molecule has 0 fully saturated rings. The number of para-hydroxylation sites is 1. The zero-order chi connectivity index (χ0) is 19.7. The Kier molecular flexibility index (Phi) is 4.63. The summed E-state index contributed by atoms with van der Waals surface area (Å²) in [4.78, 5) is 11.1. The van der Waals surface area contributed by atoms with Crippen LogP contribution in [0.1, 0.15) is 34.8 Å². The van der Waals surface area contributed by atoms with E-state index in [2.05, 4.69) is 13.0 Å². The molecule has 4 heteroatoms. The van der Waals surface area contributed by atoms with Crippen LogP contribution in [0, 0.1) is 5.82 Å². The number of ether oxygens (including phenoxy) is 1. The first-order valence-corrected chi connectivity index (χ1v) is 9.33. The highest BCUT2D eigenvalue weighted by atomic mass is 19.1. The van der Waals surface area contributed by atoms with Gasteiger partial charge in [-0.3, -0.25) is 0 Å². The van der Waals surface area contributed by atoms with E-state index in [-0.39, 0.29) is 11.4 Å². The summed E-state index contributed by atoms with van der Waals surface area (Å²) in [6, 6.07) is 19.5. The van der Waals surface area contributed by atoms with Gasteiger partial charge in [0.25, 0.3) is 0 Å². The molecule has 0 saturated heterocycles. The van der Waals surface area contributed by atoms with Crippen molar-refractivity contribution in [3.8, 4) is 16.9 Å². The van der Waals surface area contributed by atoms with Gasteiger partial charge in [-0.2, -0.15) is 0 Å². The van der Waals surface area contributed by atoms with Crippen LogP contribution in [0.15, 0.2) is 66.7 Å². The second kappa shape index (κ2) is 7.12. The van der Waals surface area contributed by atoms with E-state index in [0.717, 1.165) is 40.8 Å². The normalized spacial score (nSPS) is 18.2. The minimum atomic E-state index is -0.944. The molecule has 0 aromatic heterocycles. The van der Waals surface area contributed by atoms with Gasteiger partial charge in [0.05, 0.1) is 5.56 Å². The minimum Gasteiger partial charge on any atom is -0.486 e. The van der Waals surface area contributed by atoms with Crippen LogP contribution >= 0.6 is 0 Å². The van der Waals surface area contributed by atoms with Gasteiger partial charge in [-0.15, -0.1) is 0 Å². The molecule has 0 aliphatic carbocycles. The predicted molar refractivity (Wildman–Crippen MR) is 106 cm³/mol. The van der Waals surface area contributed by atoms with E-state index in [4.69, 9.17) is 9.84 Å². The monoisotopic (exact) mass is 376 g/mol. The van der Waals surface area contributed by atoms with E-state index >= 15 is 0 Å². The van der Waals surface area contributed by atoms with Crippen LogP contribution in [-0.2, 0) is 12.8 Å². The maximum Gasteiger partial charge on any atom is 0.335 e. The smallest absolute Gasteiger partial charge is 0.335 e. The third-order valence-corrected chi connectivity index (χ3v) is 5.28. The molecule has 0 unspecified atom stereocenters. The largest absolute Gasteiger partial charge is 0.486 e. The molecular formula is C24H21FO3. The van der Waals surface area contributed by atoms with Crippen LogP contribution < -0.4 is 4.74 Å². The Labute approximate surface area is 163 Å². The van der Waals surface area contributed by atoms with E-state index < -0.39 is 11.6 Å². The van der Waals surface area contributed by atoms with Gasteiger partial charge < -0.3 is 9.84 Å². The van der Waals surface area contributed by atoms with E-state index in [1.807, 2.05) is 18.2 Å². The standard InChI is InChI=1S/C24H21FO3/c1-24(15-16-4-2-6-20(25)14-16)13-12-18-5-3-7-21(22(18)28-24)17-8-10-19(11-9-17)23(26)27/h2-11,14H,12-13,15H2,1H3,(H,26,27)/t24-/m0/s1. The Morgan fingerprint density at radius 3 is 2.57 bits per heavy atom. The first-order chi connectivity index (χ1) is 13.4. The summed E-state index contributed by atoms with van der Waals surface area (Å²) >= 11 is 0. The summed E-state index contributed by atoms with van der Waals surface area (Å²) < 4.78 is 20.1. The number of benzene rings is 3. The molecule has 0 radical (unpaired) electrons. The Balaban J connectivity index is 1.66. The van der Waals surface area contributed by atoms with Crippen molar-refractivity contribution in [3.63, 3.8) is 0 Å². The summed E-state index contributed by atoms with van der Waals surface area (Å²) in [5.74, 6) is -0.354. The number of halogens is 1. The van der Waals surface area contributed by atoms with E-state index in [1.54, 1.807) is 36.4 Å². The summed E-state index contributed by atoms with van der Waals surface area (Å²) in [5, 5.41) is 9.12. The Bertz CT molecular complexity index is 1030. The molecule has 1 heterocycles. The summed E-state index contributed by atoms with van der Waals surface area (Å²) in [6.07, 6.45) is 2.34. The van der Waals surface area contributed by atoms with Crippen LogP contribution in [0.2, 0.25) is 0 Å². The molecule has 1 aliphatic heterocycles. The van der Waals surface area contributed by atoms with E-state index in [1.165, 1.54) is 6.07 Å². The summed E-state index contributed by atoms with van der Waals surface area (Å²) in [6.45, 7) is 2.06. The number of carboxylic acid groups (broad SMARTS) is 1. The highest BCUT2D eigenvalue weighted by molar-refractivity contribution is 5.88. The van der Waals surface area contributed by atoms with Crippen LogP contribution in [0.5, 0.6) is 5.75 Å². The van der Waals surface area contributed by atoms with Crippen LogP contribution in [-0.4, -0.2) is 16.7 Å². The van der Waals surface area contributed by atoms with Gasteiger partial charge in [0, 0.05) is 12.0 Å². The second-order valence-corrected chi connectivity index (χ2v) is 7.53. The zero-order valence-electron chi connectivity index (χ0n) is 15.6. The molecule has 142 valence electrons. The lowest BCUT2D eigenvalue weighted by molar-refractivity contribution is 0.0660. The van der Waals surface area contributed by atoms with Gasteiger partial charge in [0.1, 0.15) is 17.2 Å². The first-order valence-electron chi connectivity index (χ1n) is 9.33. The summed E-state index contributed by atoms with van der Waals surface area (Å²) in [5.41, 5.74) is 3.73. The van der Waals surface area contributed by atoms with Crippen LogP contribution in [0.3, 0.4) is 0 Å². The SMILES string of the molecule is C[C@@]1(Cc2cccc(F)c2)CCc2cccc(-c3ccc(C(=O)O)cc3)c2O1. The van der Waals surface area contributed by atoms with Gasteiger partial charge in [-0.1, -0.05) is 42.5 Å². The molecule has 0 bridgehead atoms. The fourth-order valence-electron chi connectivity index (χ4n) is 3.82. The average molecular weight is 376 g/mol. The maximum atomic E-state index is 13.6. The third kappa shape index (κ3) is 3.63. The number of hydrogen-bond acceptors (Lipinski definition) is 2. The number of rotatable bonds is 4. The molecule has 28 heavy (non-hydrogen) atoms. The highest BCUT2D eigenvalue weighted by Gasteiger charge is 2.33. The van der Waals surface area contributed by atoms with Gasteiger partial charge in [0.15, 0.2) is 0 Å². The van der Waals surface area contributed by atoms with Gasteiger partial charge >= 0.3 is 5.97 Å². The third-order valence-electron chi connectivity index (χ3n) is 5.28. The van der Waals surface area contributed by atoms with Gasteiger partial charge in [-0.25, -0.2) is 9.18 Å². The lowest BCUT2D eigenvalue weighted by Gasteiger charge is -2.37. The molecule has 1 atom stereocenters. The number of aromatic carboxylic acids is 1. The van der Waals surface area contributed by atoms with Crippen molar-refractivity contribution >= 4 is 5.97 Å². The molecule has 4 rings (SSSR count). The Morgan fingerprint density at radius 1 is 1.11 bits per heavy atom. The number of carboxylic acids is 1. The zero-order valence-corrected chi connectivity index (χ0v) is 15.6.